The zero-order valence-electron chi connectivity index (χ0n) is 17.6. The van der Waals surface area contributed by atoms with Crippen LogP contribution in [-0.4, -0.2) is 69.7 Å². The van der Waals surface area contributed by atoms with E-state index in [1.807, 2.05) is 0 Å². The Morgan fingerprint density at radius 2 is 2.17 bits per heavy atom. The van der Waals surface area contributed by atoms with Crippen molar-refractivity contribution in [3.05, 3.63) is 41.6 Å². The number of nitrogens with one attached hydrogen (secondary N) is 1. The van der Waals surface area contributed by atoms with Crippen LogP contribution in [0.25, 0.3) is 5.65 Å². The van der Waals surface area contributed by atoms with Gasteiger partial charge in [0.1, 0.15) is 24.2 Å². The maximum absolute atomic E-state index is 12.9. The summed E-state index contributed by atoms with van der Waals surface area (Å²) >= 11 is 2.08. The number of nitrogens with two attached hydrogens (primary N) is 2. The van der Waals surface area contributed by atoms with Crippen molar-refractivity contribution in [1.82, 2.24) is 29.2 Å². The van der Waals surface area contributed by atoms with Crippen LogP contribution in [0.1, 0.15) is 5.82 Å². The number of carboxylic acids is 1. The third-order valence-electron chi connectivity index (χ3n) is 5.40. The van der Waals surface area contributed by atoms with E-state index in [0.717, 1.165) is 16.4 Å². The number of carbonyl (C=O) groups excluding carboxylic acids is 3. The van der Waals surface area contributed by atoms with Gasteiger partial charge in [-0.2, -0.15) is 9.36 Å². The summed E-state index contributed by atoms with van der Waals surface area (Å²) in [5, 5.41) is 30.1. The van der Waals surface area contributed by atoms with Gasteiger partial charge in [-0.1, -0.05) is 14.8 Å². The Morgan fingerprint density at radius 3 is 2.86 bits per heavy atom. The molecule has 2 aliphatic rings. The first-order valence-electron chi connectivity index (χ1n) is 9.92. The maximum Gasteiger partial charge on any atom is 0.307 e. The van der Waals surface area contributed by atoms with Gasteiger partial charge in [-0.05, 0) is 6.07 Å². The van der Waals surface area contributed by atoms with Gasteiger partial charge in [0.05, 0.1) is 11.7 Å². The van der Waals surface area contributed by atoms with Gasteiger partial charge in [0.2, 0.25) is 11.5 Å². The van der Waals surface area contributed by atoms with Gasteiger partial charge in [0.15, 0.2) is 17.1 Å². The Balaban J connectivity index is 1.37. The number of rotatable bonds is 6. The molecule has 0 aromatic carbocycles. The van der Waals surface area contributed by atoms with Crippen molar-refractivity contribution in [2.75, 3.05) is 17.2 Å². The lowest BCUT2D eigenvalue weighted by Crippen LogP contribution is -2.71. The van der Waals surface area contributed by atoms with Crippen molar-refractivity contribution in [2.45, 2.75) is 18.0 Å². The summed E-state index contributed by atoms with van der Waals surface area (Å²) in [6.45, 7) is 0.171. The number of nitrogens with zero attached hydrogens (tertiary/aromatic N) is 7. The highest BCUT2D eigenvalue weighted by atomic mass is 32.2. The minimum atomic E-state index is -1.50. The molecule has 0 unspecified atom stereocenters. The lowest BCUT2D eigenvalue weighted by molar-refractivity contribution is -0.662. The van der Waals surface area contributed by atoms with E-state index in [2.05, 4.69) is 24.9 Å². The van der Waals surface area contributed by atoms with Crippen molar-refractivity contribution >= 4 is 63.4 Å². The molecule has 5 heterocycles. The van der Waals surface area contributed by atoms with E-state index in [0.29, 0.717) is 17.0 Å². The monoisotopic (exact) mass is 516 g/mol. The van der Waals surface area contributed by atoms with Gasteiger partial charge >= 0.3 is 5.65 Å². The molecule has 0 saturated carbocycles. The summed E-state index contributed by atoms with van der Waals surface area (Å²) < 4.78 is 7.14. The maximum atomic E-state index is 12.9. The normalized spacial score (nSPS) is 20.1. The van der Waals surface area contributed by atoms with E-state index in [1.165, 1.54) is 11.8 Å². The van der Waals surface area contributed by atoms with E-state index in [4.69, 9.17) is 11.5 Å². The number of β-lactam (4-membered cyclic amide) rings is 1. The van der Waals surface area contributed by atoms with Gasteiger partial charge < -0.3 is 31.9 Å². The molecule has 3 aromatic rings. The van der Waals surface area contributed by atoms with Crippen molar-refractivity contribution in [1.29, 1.82) is 0 Å². The summed E-state index contributed by atoms with van der Waals surface area (Å²) in [7, 11) is 0. The average molecular weight is 517 g/mol. The van der Waals surface area contributed by atoms with Gasteiger partial charge in [0.25, 0.3) is 11.8 Å². The van der Waals surface area contributed by atoms with Crippen LogP contribution in [-0.2, 0) is 20.9 Å². The summed E-state index contributed by atoms with van der Waals surface area (Å²) in [6, 6.07) is 2.31. The molecule has 180 valence electrons. The highest BCUT2D eigenvalue weighted by Crippen LogP contribution is 2.40. The second kappa shape index (κ2) is 8.51. The zero-order valence-corrected chi connectivity index (χ0v) is 19.2. The predicted molar refractivity (Wildman–Crippen MR) is 120 cm³/mol. The van der Waals surface area contributed by atoms with Gasteiger partial charge in [0, 0.05) is 28.9 Å². The average Bonchev–Trinajstić information content (AvgIpc) is 3.43. The summed E-state index contributed by atoms with van der Waals surface area (Å²) in [5.74, 6) is -2.66. The van der Waals surface area contributed by atoms with Crippen LogP contribution in [0.5, 0.6) is 0 Å². The van der Waals surface area contributed by atoms with Crippen LogP contribution in [0.3, 0.4) is 0 Å². The number of amides is 2. The summed E-state index contributed by atoms with van der Waals surface area (Å²) in [6.07, 6.45) is 3.39. The van der Waals surface area contributed by atoms with Gasteiger partial charge in [-0.25, -0.2) is 4.57 Å². The van der Waals surface area contributed by atoms with Crippen LogP contribution in [0, 0.1) is 0 Å². The van der Waals surface area contributed by atoms with Gasteiger partial charge in [-0.3, -0.25) is 14.5 Å². The molecule has 0 bridgehead atoms. The highest BCUT2D eigenvalue weighted by molar-refractivity contribution is 8.00. The second-order valence-corrected chi connectivity index (χ2v) is 9.38. The second-order valence-electron chi connectivity index (χ2n) is 7.49. The molecule has 5 rings (SSSR count). The number of anilines is 2. The van der Waals surface area contributed by atoms with Crippen molar-refractivity contribution in [2.24, 2.45) is 5.16 Å². The van der Waals surface area contributed by atoms with Crippen molar-refractivity contribution in [3.63, 3.8) is 0 Å². The summed E-state index contributed by atoms with van der Waals surface area (Å²) in [5.41, 5.74) is 11.6. The number of fused-ring (bicyclic) bond motifs is 2. The van der Waals surface area contributed by atoms with Crippen LogP contribution in [0.2, 0.25) is 0 Å². The molecule has 2 atom stereocenters. The number of hydrogen-bond acceptors (Lipinski definition) is 13. The molecule has 15 nitrogen and oxygen atoms in total. The van der Waals surface area contributed by atoms with E-state index < -0.39 is 34.9 Å². The Morgan fingerprint density at radius 1 is 1.37 bits per heavy atom. The van der Waals surface area contributed by atoms with E-state index >= 15 is 0 Å². The minimum absolute atomic E-state index is 0.0621. The summed E-state index contributed by atoms with van der Waals surface area (Å²) in [4.78, 5) is 42.4. The smallest absolute Gasteiger partial charge is 0.307 e. The first-order valence-corrected chi connectivity index (χ1v) is 11.7. The topological polar surface area (TPSA) is 221 Å². The lowest BCUT2D eigenvalue weighted by Gasteiger charge is -2.50. The van der Waals surface area contributed by atoms with Crippen LogP contribution < -0.4 is 26.5 Å². The van der Waals surface area contributed by atoms with Crippen LogP contribution in [0.15, 0.2) is 41.0 Å². The fourth-order valence-electron chi connectivity index (χ4n) is 3.87. The van der Waals surface area contributed by atoms with Crippen molar-refractivity contribution < 1.29 is 29.3 Å². The van der Waals surface area contributed by atoms with Crippen LogP contribution >= 0.6 is 23.3 Å². The zero-order chi connectivity index (χ0) is 24.9. The Bertz CT molecular complexity index is 1450. The number of nitrogen functional groups attached to an aromatic ring is 2. The molecule has 3 aromatic heterocycles. The fraction of sp³-hybridized carbons (Fsp3) is 0.222. The fourth-order valence-corrected chi connectivity index (χ4v) is 5.64. The first-order chi connectivity index (χ1) is 16.8. The number of hydrogen-bond donors (Lipinski definition) is 4. The van der Waals surface area contributed by atoms with E-state index in [-0.39, 0.29) is 29.0 Å². The molecule has 2 amide bonds. The molecule has 35 heavy (non-hydrogen) atoms. The first kappa shape index (κ1) is 22.5. The molecular formula is C18H16N10O5S2. The molecule has 0 aliphatic carbocycles. The van der Waals surface area contributed by atoms with Crippen molar-refractivity contribution in [3.8, 4) is 0 Å². The number of aromatic nitrogens is 5. The quantitative estimate of drug-likeness (QED) is 0.0845. The highest BCUT2D eigenvalue weighted by Gasteiger charge is 2.53. The largest absolute Gasteiger partial charge is 0.543 e. The predicted octanol–water partition coefficient (Wildman–Crippen LogP) is -3.08. The molecule has 1 saturated heterocycles. The minimum Gasteiger partial charge on any atom is -0.543 e. The number of carboxylic acid groups (broad SMARTS) is 1. The Kier molecular flexibility index (Phi) is 5.48. The molecule has 6 N–H and O–H groups in total. The SMILES string of the molecule is Nc1ccc2n(cc[n+]2CC2=C(C(=O)[O-])N3C(=O)[C@@H](NC(=O)/C(=N\O)c4nsc(N)n4)[C@H]3SC2)n1. The Hall–Kier alpha value is -4.25. The van der Waals surface area contributed by atoms with E-state index in [9.17, 15) is 24.7 Å². The van der Waals surface area contributed by atoms with Gasteiger partial charge in [-0.15, -0.1) is 11.8 Å². The number of thioether (sulfide) groups is 1. The number of imidazole rings is 1. The van der Waals surface area contributed by atoms with Crippen LogP contribution in [0.4, 0.5) is 10.9 Å². The number of carbonyl (C=O) groups is 3. The third-order valence-corrected chi connectivity index (χ3v) is 7.28. The van der Waals surface area contributed by atoms with E-state index in [1.54, 1.807) is 33.6 Å². The standard InChI is InChI=1S/C18H16N10O5S2/c19-8-1-2-9-26(3-4-27(9)23-8)5-7-6-34-16-11(15(30)28(16)12(7)17(31)32)21-14(29)10(24-33)13-22-18(20)35-25-13/h1-4,11,16H,5-6H2,(H6-,19,20,21,22,23,25,29,31,32,33)/t11-,16-/m1/s1. The molecule has 1 fully saturated rings. The lowest BCUT2D eigenvalue weighted by atomic mass is 10.0. The molecular weight excluding hydrogens is 500 g/mol. The Labute approximate surface area is 203 Å². The molecule has 2 aliphatic heterocycles. The molecule has 0 radical (unpaired) electrons. The number of aliphatic carboxylic acids is 1. The molecule has 17 heteroatoms. The number of oxime groups is 1. The molecule has 0 spiro atoms. The third kappa shape index (κ3) is 3.79.